The Labute approximate surface area is 137 Å². The van der Waals surface area contributed by atoms with E-state index < -0.39 is 0 Å². The van der Waals surface area contributed by atoms with Crippen molar-refractivity contribution in [3.05, 3.63) is 68.0 Å². The average molecular weight is 334 g/mol. The van der Waals surface area contributed by atoms with Crippen LogP contribution in [0.5, 0.6) is 0 Å². The normalized spacial score (nSPS) is 12.7. The molecule has 0 aliphatic rings. The van der Waals surface area contributed by atoms with E-state index in [2.05, 4.69) is 10.3 Å². The van der Waals surface area contributed by atoms with Gasteiger partial charge in [-0.05, 0) is 25.5 Å². The first-order valence-electron chi connectivity index (χ1n) is 7.01. The van der Waals surface area contributed by atoms with E-state index >= 15 is 0 Å². The number of nitrogens with one attached hydrogen (secondary N) is 1. The van der Waals surface area contributed by atoms with Gasteiger partial charge in [-0.1, -0.05) is 29.8 Å². The lowest BCUT2D eigenvalue weighted by Crippen LogP contribution is -2.22. The second kappa shape index (κ2) is 6.20. The van der Waals surface area contributed by atoms with E-state index in [1.807, 2.05) is 43.5 Å². The lowest BCUT2D eigenvalue weighted by atomic mass is 10.1. The van der Waals surface area contributed by atoms with Crippen molar-refractivity contribution in [2.75, 3.05) is 0 Å². The average Bonchev–Trinajstić information content (AvgIpc) is 2.87. The third-order valence-corrected chi connectivity index (χ3v) is 4.88. The number of hydrogen-bond donors (Lipinski definition) is 1. The summed E-state index contributed by atoms with van der Waals surface area (Å²) < 4.78 is 1.63. The van der Waals surface area contributed by atoms with Gasteiger partial charge >= 0.3 is 0 Å². The minimum atomic E-state index is -0.0362. The van der Waals surface area contributed by atoms with Crippen molar-refractivity contribution in [3.8, 4) is 0 Å². The van der Waals surface area contributed by atoms with Crippen molar-refractivity contribution in [2.24, 2.45) is 0 Å². The number of nitrogens with zero attached hydrogens (tertiary/aromatic N) is 2. The molecule has 1 N–H and O–H groups in total. The highest BCUT2D eigenvalue weighted by atomic mass is 35.5. The fourth-order valence-corrected chi connectivity index (χ4v) is 3.58. The highest BCUT2D eigenvalue weighted by Crippen LogP contribution is 2.22. The zero-order valence-corrected chi connectivity index (χ0v) is 13.9. The van der Waals surface area contributed by atoms with Crippen LogP contribution in [0, 0.1) is 6.92 Å². The van der Waals surface area contributed by atoms with Crippen LogP contribution in [0.25, 0.3) is 4.96 Å². The van der Waals surface area contributed by atoms with Crippen LogP contribution in [0.4, 0.5) is 0 Å². The van der Waals surface area contributed by atoms with Gasteiger partial charge in [0, 0.05) is 34.7 Å². The molecule has 6 heteroatoms. The van der Waals surface area contributed by atoms with Gasteiger partial charge in [0.05, 0.1) is 5.69 Å². The zero-order valence-electron chi connectivity index (χ0n) is 12.3. The van der Waals surface area contributed by atoms with Gasteiger partial charge < -0.3 is 5.32 Å². The number of benzene rings is 1. The van der Waals surface area contributed by atoms with Crippen molar-refractivity contribution < 1.29 is 0 Å². The third-order valence-electron chi connectivity index (χ3n) is 3.59. The van der Waals surface area contributed by atoms with Crippen molar-refractivity contribution >= 4 is 27.9 Å². The summed E-state index contributed by atoms with van der Waals surface area (Å²) in [6, 6.07) is 9.41. The summed E-state index contributed by atoms with van der Waals surface area (Å²) in [4.78, 5) is 17.4. The van der Waals surface area contributed by atoms with Gasteiger partial charge in [0.2, 0.25) is 0 Å². The predicted octanol–water partition coefficient (Wildman–Crippen LogP) is 3.57. The highest BCUT2D eigenvalue weighted by Gasteiger charge is 2.10. The molecular weight excluding hydrogens is 318 g/mol. The van der Waals surface area contributed by atoms with Crippen molar-refractivity contribution in [1.82, 2.24) is 14.7 Å². The molecule has 0 saturated carbocycles. The van der Waals surface area contributed by atoms with Gasteiger partial charge in [0.25, 0.3) is 5.56 Å². The van der Waals surface area contributed by atoms with Crippen LogP contribution in [-0.2, 0) is 6.54 Å². The lowest BCUT2D eigenvalue weighted by molar-refractivity contribution is 0.567. The summed E-state index contributed by atoms with van der Waals surface area (Å²) in [6.07, 6.45) is 0. The number of thiazole rings is 1. The molecule has 0 unspecified atom stereocenters. The number of hydrogen-bond acceptors (Lipinski definition) is 4. The summed E-state index contributed by atoms with van der Waals surface area (Å²) in [5.74, 6) is 0. The quantitative estimate of drug-likeness (QED) is 0.794. The molecule has 0 aliphatic carbocycles. The Morgan fingerprint density at radius 2 is 2.18 bits per heavy atom. The molecule has 0 saturated heterocycles. The molecule has 1 atom stereocenters. The van der Waals surface area contributed by atoms with Crippen LogP contribution in [0.2, 0.25) is 5.02 Å². The molecule has 22 heavy (non-hydrogen) atoms. The van der Waals surface area contributed by atoms with E-state index in [1.54, 1.807) is 10.5 Å². The summed E-state index contributed by atoms with van der Waals surface area (Å²) in [7, 11) is 0. The first-order valence-corrected chi connectivity index (χ1v) is 8.26. The van der Waals surface area contributed by atoms with Gasteiger partial charge in [-0.2, -0.15) is 0 Å². The number of rotatable bonds is 4. The minimum Gasteiger partial charge on any atom is -0.305 e. The van der Waals surface area contributed by atoms with Crippen molar-refractivity contribution in [3.63, 3.8) is 0 Å². The topological polar surface area (TPSA) is 46.4 Å². The van der Waals surface area contributed by atoms with Crippen LogP contribution in [0.15, 0.2) is 40.5 Å². The molecule has 2 aromatic heterocycles. The standard InChI is InChI=1S/C16H16ClN3OS/c1-10-9-22-16-19-12(7-15(21)20(10)16)8-18-11(2)13-5-3-4-6-14(13)17/h3-7,9,11,18H,8H2,1-2H3/t11-/m0/s1. The van der Waals surface area contributed by atoms with Gasteiger partial charge in [0.15, 0.2) is 4.96 Å². The maximum absolute atomic E-state index is 12.1. The molecule has 0 aliphatic heterocycles. The summed E-state index contributed by atoms with van der Waals surface area (Å²) >= 11 is 7.68. The van der Waals surface area contributed by atoms with Crippen LogP contribution < -0.4 is 10.9 Å². The van der Waals surface area contributed by atoms with E-state index in [4.69, 9.17) is 11.6 Å². The van der Waals surface area contributed by atoms with E-state index in [1.165, 1.54) is 11.3 Å². The van der Waals surface area contributed by atoms with Crippen LogP contribution in [0.1, 0.15) is 29.9 Å². The number of aromatic nitrogens is 2. The molecule has 114 valence electrons. The van der Waals surface area contributed by atoms with Gasteiger partial charge in [-0.3, -0.25) is 9.20 Å². The van der Waals surface area contributed by atoms with Gasteiger partial charge in [0.1, 0.15) is 0 Å². The molecular formula is C16H16ClN3OS. The second-order valence-electron chi connectivity index (χ2n) is 5.20. The largest absolute Gasteiger partial charge is 0.305 e. The Hall–Kier alpha value is -1.69. The third kappa shape index (κ3) is 2.92. The molecule has 2 heterocycles. The Balaban J connectivity index is 1.79. The highest BCUT2D eigenvalue weighted by molar-refractivity contribution is 7.15. The van der Waals surface area contributed by atoms with E-state index in [0.29, 0.717) is 6.54 Å². The first-order chi connectivity index (χ1) is 10.6. The lowest BCUT2D eigenvalue weighted by Gasteiger charge is -2.15. The van der Waals surface area contributed by atoms with Gasteiger partial charge in [-0.25, -0.2) is 4.98 Å². The van der Waals surface area contributed by atoms with E-state index in [0.717, 1.165) is 26.9 Å². The van der Waals surface area contributed by atoms with Crippen molar-refractivity contribution in [1.29, 1.82) is 0 Å². The Bertz CT molecular complexity index is 871. The van der Waals surface area contributed by atoms with Crippen molar-refractivity contribution in [2.45, 2.75) is 26.4 Å². The van der Waals surface area contributed by atoms with E-state index in [9.17, 15) is 4.79 Å². The molecule has 0 fully saturated rings. The maximum Gasteiger partial charge on any atom is 0.259 e. The second-order valence-corrected chi connectivity index (χ2v) is 6.45. The first kappa shape index (κ1) is 15.2. The zero-order chi connectivity index (χ0) is 15.7. The smallest absolute Gasteiger partial charge is 0.259 e. The summed E-state index contributed by atoms with van der Waals surface area (Å²) in [5, 5.41) is 6.04. The molecule has 3 rings (SSSR count). The van der Waals surface area contributed by atoms with Crippen LogP contribution >= 0.6 is 22.9 Å². The fraction of sp³-hybridized carbons (Fsp3) is 0.250. The molecule has 0 bridgehead atoms. The monoisotopic (exact) mass is 333 g/mol. The fourth-order valence-electron chi connectivity index (χ4n) is 2.39. The molecule has 0 spiro atoms. The molecule has 4 nitrogen and oxygen atoms in total. The number of aryl methyl sites for hydroxylation is 1. The Morgan fingerprint density at radius 3 is 2.95 bits per heavy atom. The Kier molecular flexibility index (Phi) is 4.29. The maximum atomic E-state index is 12.1. The van der Waals surface area contributed by atoms with Crippen LogP contribution in [-0.4, -0.2) is 9.38 Å². The van der Waals surface area contributed by atoms with Crippen LogP contribution in [0.3, 0.4) is 0 Å². The van der Waals surface area contributed by atoms with E-state index in [-0.39, 0.29) is 11.6 Å². The molecule has 0 radical (unpaired) electrons. The Morgan fingerprint density at radius 1 is 1.41 bits per heavy atom. The summed E-state index contributed by atoms with van der Waals surface area (Å²) in [6.45, 7) is 4.47. The number of halogens is 1. The minimum absolute atomic E-state index is 0.0362. The molecule has 0 amide bonds. The van der Waals surface area contributed by atoms with Gasteiger partial charge in [-0.15, -0.1) is 11.3 Å². The molecule has 1 aromatic carbocycles. The SMILES string of the molecule is Cc1csc2nc(CN[C@@H](C)c3ccccc3Cl)cc(=O)n12. The predicted molar refractivity (Wildman–Crippen MR) is 90.8 cm³/mol. The summed E-state index contributed by atoms with van der Waals surface area (Å²) in [5.41, 5.74) is 2.66. The molecule has 3 aromatic rings. The number of fused-ring (bicyclic) bond motifs is 1.